The molecule has 0 fully saturated rings. The lowest BCUT2D eigenvalue weighted by molar-refractivity contribution is 0.103. The number of benzene rings is 2. The molecule has 2 aromatic heterocycles. The third kappa shape index (κ3) is 3.06. The minimum Gasteiger partial charge on any atom is -0.297 e. The Morgan fingerprint density at radius 2 is 1.76 bits per heavy atom. The van der Waals surface area contributed by atoms with Gasteiger partial charge in [-0.25, -0.2) is 4.98 Å². The molecule has 0 radical (unpaired) electrons. The largest absolute Gasteiger partial charge is 0.297 e. The zero-order valence-corrected chi connectivity index (χ0v) is 15.6. The molecule has 25 heavy (non-hydrogen) atoms. The van der Waals surface area contributed by atoms with E-state index in [9.17, 15) is 4.79 Å². The monoisotopic (exact) mass is 384 g/mol. The Bertz CT molecular complexity index is 1070. The van der Waals surface area contributed by atoms with Crippen molar-refractivity contribution >= 4 is 55.4 Å². The molecule has 3 nitrogen and oxygen atoms in total. The molecule has 0 bridgehead atoms. The third-order valence-corrected chi connectivity index (χ3v) is 6.37. The van der Waals surface area contributed by atoms with Gasteiger partial charge in [-0.05, 0) is 13.0 Å². The molecule has 2 aromatic carbocycles. The molecule has 1 amide bonds. The van der Waals surface area contributed by atoms with Gasteiger partial charge in [-0.15, -0.1) is 22.7 Å². The lowest BCUT2D eigenvalue weighted by Crippen LogP contribution is -2.10. The van der Waals surface area contributed by atoms with Crippen molar-refractivity contribution in [2.45, 2.75) is 6.92 Å². The van der Waals surface area contributed by atoms with Gasteiger partial charge < -0.3 is 0 Å². The van der Waals surface area contributed by atoms with Gasteiger partial charge >= 0.3 is 0 Å². The van der Waals surface area contributed by atoms with Gasteiger partial charge in [0.05, 0.1) is 10.7 Å². The molecule has 0 atom stereocenters. The van der Waals surface area contributed by atoms with E-state index in [0.717, 1.165) is 26.2 Å². The topological polar surface area (TPSA) is 42.0 Å². The molecule has 0 saturated carbocycles. The van der Waals surface area contributed by atoms with Crippen molar-refractivity contribution < 1.29 is 4.79 Å². The van der Waals surface area contributed by atoms with Crippen molar-refractivity contribution in [3.8, 4) is 11.3 Å². The van der Waals surface area contributed by atoms with Crippen molar-refractivity contribution in [1.29, 1.82) is 0 Å². The highest BCUT2D eigenvalue weighted by Crippen LogP contribution is 2.36. The predicted molar refractivity (Wildman–Crippen MR) is 107 cm³/mol. The first kappa shape index (κ1) is 16.3. The van der Waals surface area contributed by atoms with Gasteiger partial charge in [-0.3, -0.25) is 10.1 Å². The van der Waals surface area contributed by atoms with E-state index < -0.39 is 0 Å². The molecular formula is C19H13ClN2OS2. The lowest BCUT2D eigenvalue weighted by atomic mass is 10.1. The number of carbonyl (C=O) groups is 1. The van der Waals surface area contributed by atoms with Crippen LogP contribution in [0.25, 0.3) is 21.3 Å². The van der Waals surface area contributed by atoms with E-state index in [-0.39, 0.29) is 5.91 Å². The van der Waals surface area contributed by atoms with Gasteiger partial charge in [0, 0.05) is 20.5 Å². The number of fused-ring (bicyclic) bond motifs is 1. The number of halogens is 1. The minimum absolute atomic E-state index is 0.223. The number of carbonyl (C=O) groups excluding carboxylic acids is 1. The molecule has 4 rings (SSSR count). The van der Waals surface area contributed by atoms with E-state index in [1.165, 1.54) is 22.7 Å². The highest BCUT2D eigenvalue weighted by Gasteiger charge is 2.19. The Labute approximate surface area is 157 Å². The number of rotatable bonds is 3. The summed E-state index contributed by atoms with van der Waals surface area (Å²) in [5.74, 6) is -0.223. The van der Waals surface area contributed by atoms with Crippen LogP contribution in [-0.4, -0.2) is 10.9 Å². The fourth-order valence-corrected chi connectivity index (χ4v) is 4.87. The Hall–Kier alpha value is -2.21. The smallest absolute Gasteiger partial charge is 0.269 e. The Kier molecular flexibility index (Phi) is 4.29. The van der Waals surface area contributed by atoms with Crippen LogP contribution < -0.4 is 5.32 Å². The fraction of sp³-hybridized carbons (Fsp3) is 0.0526. The molecule has 1 N–H and O–H groups in total. The second kappa shape index (κ2) is 6.59. The number of thiazole rings is 1. The normalized spacial score (nSPS) is 11.0. The zero-order chi connectivity index (χ0) is 17.4. The van der Waals surface area contributed by atoms with Crippen LogP contribution in [0.3, 0.4) is 0 Å². The molecule has 2 heterocycles. The van der Waals surface area contributed by atoms with Gasteiger partial charge in [-0.2, -0.15) is 0 Å². The predicted octanol–water partition coefficient (Wildman–Crippen LogP) is 6.24. The van der Waals surface area contributed by atoms with Gasteiger partial charge in [0.1, 0.15) is 4.88 Å². The van der Waals surface area contributed by atoms with Crippen molar-refractivity contribution in [3.63, 3.8) is 0 Å². The summed E-state index contributed by atoms with van der Waals surface area (Å²) < 4.78 is 0.998. The molecule has 0 unspecified atom stereocenters. The van der Waals surface area contributed by atoms with Crippen LogP contribution in [0.1, 0.15) is 14.5 Å². The Balaban J connectivity index is 1.64. The SMILES string of the molecule is Cc1sc(NC(=O)c2sc3ccccc3c2Cl)nc1-c1ccccc1. The summed E-state index contributed by atoms with van der Waals surface area (Å²) in [7, 11) is 0. The number of hydrogen-bond donors (Lipinski definition) is 1. The zero-order valence-electron chi connectivity index (χ0n) is 13.2. The van der Waals surface area contributed by atoms with Crippen molar-refractivity contribution in [2.24, 2.45) is 0 Å². The van der Waals surface area contributed by atoms with E-state index in [0.29, 0.717) is 15.0 Å². The van der Waals surface area contributed by atoms with Crippen molar-refractivity contribution in [2.75, 3.05) is 5.32 Å². The summed E-state index contributed by atoms with van der Waals surface area (Å²) in [6.07, 6.45) is 0. The van der Waals surface area contributed by atoms with Crippen LogP contribution in [0, 0.1) is 6.92 Å². The molecule has 0 saturated heterocycles. The maximum absolute atomic E-state index is 12.6. The number of nitrogens with one attached hydrogen (secondary N) is 1. The van der Waals surface area contributed by atoms with Crippen LogP contribution in [0.15, 0.2) is 54.6 Å². The van der Waals surface area contributed by atoms with Crippen LogP contribution in [0.2, 0.25) is 5.02 Å². The summed E-state index contributed by atoms with van der Waals surface area (Å²) >= 11 is 9.24. The van der Waals surface area contributed by atoms with Crippen LogP contribution in [0.5, 0.6) is 0 Å². The van der Waals surface area contributed by atoms with E-state index >= 15 is 0 Å². The van der Waals surface area contributed by atoms with E-state index in [1.807, 2.05) is 61.5 Å². The van der Waals surface area contributed by atoms with Gasteiger partial charge in [0.25, 0.3) is 5.91 Å². The van der Waals surface area contributed by atoms with E-state index in [2.05, 4.69) is 10.3 Å². The van der Waals surface area contributed by atoms with Gasteiger partial charge in [0.15, 0.2) is 5.13 Å². The molecule has 0 spiro atoms. The van der Waals surface area contributed by atoms with Crippen molar-refractivity contribution in [1.82, 2.24) is 4.98 Å². The van der Waals surface area contributed by atoms with Crippen LogP contribution >= 0.6 is 34.3 Å². The molecule has 6 heteroatoms. The molecule has 0 aliphatic carbocycles. The maximum Gasteiger partial charge on any atom is 0.269 e. The Morgan fingerprint density at radius 3 is 2.52 bits per heavy atom. The highest BCUT2D eigenvalue weighted by molar-refractivity contribution is 7.22. The summed E-state index contributed by atoms with van der Waals surface area (Å²) in [6.45, 7) is 2.00. The number of thiophene rings is 1. The first-order valence-corrected chi connectivity index (χ1v) is 9.66. The quantitative estimate of drug-likeness (QED) is 0.454. The van der Waals surface area contributed by atoms with Crippen molar-refractivity contribution in [3.05, 3.63) is 69.4 Å². The number of aromatic nitrogens is 1. The fourth-order valence-electron chi connectivity index (χ4n) is 2.63. The molecule has 0 aliphatic heterocycles. The average Bonchev–Trinajstić information content (AvgIpc) is 3.16. The summed E-state index contributed by atoms with van der Waals surface area (Å²) in [6, 6.07) is 17.7. The maximum atomic E-state index is 12.6. The second-order valence-electron chi connectivity index (χ2n) is 5.49. The number of nitrogens with zero attached hydrogens (tertiary/aromatic N) is 1. The lowest BCUT2D eigenvalue weighted by Gasteiger charge is -1.99. The molecule has 0 aliphatic rings. The Morgan fingerprint density at radius 1 is 1.04 bits per heavy atom. The summed E-state index contributed by atoms with van der Waals surface area (Å²) in [4.78, 5) is 18.8. The van der Waals surface area contributed by atoms with E-state index in [1.54, 1.807) is 0 Å². The van der Waals surface area contributed by atoms with Gasteiger partial charge in [0.2, 0.25) is 0 Å². The highest BCUT2D eigenvalue weighted by atomic mass is 35.5. The summed E-state index contributed by atoms with van der Waals surface area (Å²) in [5, 5.41) is 4.86. The van der Waals surface area contributed by atoms with Gasteiger partial charge in [-0.1, -0.05) is 60.1 Å². The number of hydrogen-bond acceptors (Lipinski definition) is 4. The molecular weight excluding hydrogens is 372 g/mol. The number of anilines is 1. The first-order chi connectivity index (χ1) is 12.1. The van der Waals surface area contributed by atoms with Crippen LogP contribution in [0.4, 0.5) is 5.13 Å². The average molecular weight is 385 g/mol. The van der Waals surface area contributed by atoms with Crippen LogP contribution in [-0.2, 0) is 0 Å². The second-order valence-corrected chi connectivity index (χ2v) is 8.12. The molecule has 124 valence electrons. The standard InChI is InChI=1S/C19H13ClN2OS2/c1-11-16(12-7-3-2-4-8-12)21-19(24-11)22-18(23)17-15(20)13-9-5-6-10-14(13)25-17/h2-10H,1H3,(H,21,22,23). The minimum atomic E-state index is -0.223. The van der Waals surface area contributed by atoms with E-state index in [4.69, 9.17) is 11.6 Å². The summed E-state index contributed by atoms with van der Waals surface area (Å²) in [5.41, 5.74) is 1.93. The number of amides is 1. The first-order valence-electron chi connectivity index (χ1n) is 7.64. The molecule has 4 aromatic rings. The third-order valence-electron chi connectivity index (χ3n) is 3.81. The number of aryl methyl sites for hydroxylation is 1.